The van der Waals surface area contributed by atoms with Gasteiger partial charge < -0.3 is 10.1 Å². The quantitative estimate of drug-likeness (QED) is 0.476. The molecule has 7 nitrogen and oxygen atoms in total. The lowest BCUT2D eigenvalue weighted by molar-refractivity contribution is -0.123. The minimum absolute atomic E-state index is 0.114. The lowest BCUT2D eigenvalue weighted by Gasteiger charge is -2.15. The van der Waals surface area contributed by atoms with Crippen LogP contribution in [0.25, 0.3) is 0 Å². The van der Waals surface area contributed by atoms with Crippen LogP contribution in [0.5, 0.6) is 0 Å². The number of rotatable bonds is 7. The molecule has 0 bridgehead atoms. The number of carbonyl (C=O) groups excluding carboxylic acids is 2. The number of halogens is 3. The second-order valence-corrected chi connectivity index (χ2v) is 8.90. The Morgan fingerprint density at radius 1 is 0.912 bits per heavy atom. The number of ether oxygens (including phenoxy) is 1. The van der Waals surface area contributed by atoms with Crippen LogP contribution in [-0.2, 0) is 19.6 Å². The van der Waals surface area contributed by atoms with Gasteiger partial charge in [0.25, 0.3) is 15.9 Å². The van der Waals surface area contributed by atoms with E-state index in [0.29, 0.717) is 5.56 Å². The first-order valence-corrected chi connectivity index (χ1v) is 11.3. The van der Waals surface area contributed by atoms with Crippen LogP contribution in [0, 0.1) is 24.4 Å². The number of sulfonamides is 1. The van der Waals surface area contributed by atoms with Crippen molar-refractivity contribution in [3.05, 3.63) is 89.2 Å². The number of aryl methyl sites for hydroxylation is 1. The summed E-state index contributed by atoms with van der Waals surface area (Å²) in [4.78, 5) is 24.5. The Hall–Kier alpha value is -3.86. The maximum absolute atomic E-state index is 13.7. The molecule has 0 unspecified atom stereocenters. The zero-order valence-corrected chi connectivity index (χ0v) is 18.8. The molecule has 0 saturated heterocycles. The van der Waals surface area contributed by atoms with Crippen molar-refractivity contribution in [1.82, 2.24) is 0 Å². The average Bonchev–Trinajstić information content (AvgIpc) is 2.77. The van der Waals surface area contributed by atoms with Crippen LogP contribution in [0.15, 0.2) is 65.6 Å². The molecule has 2 N–H and O–H groups in total. The average molecular weight is 492 g/mol. The third-order valence-electron chi connectivity index (χ3n) is 4.65. The molecule has 0 fully saturated rings. The largest absolute Gasteiger partial charge is 0.449 e. The Morgan fingerprint density at radius 2 is 1.56 bits per heavy atom. The Bertz CT molecular complexity index is 1350. The maximum atomic E-state index is 13.7. The Labute approximate surface area is 193 Å². The van der Waals surface area contributed by atoms with Gasteiger partial charge in [-0.3, -0.25) is 9.52 Å². The molecule has 3 aromatic rings. The van der Waals surface area contributed by atoms with Gasteiger partial charge in [0.1, 0.15) is 17.5 Å². The van der Waals surface area contributed by atoms with Gasteiger partial charge in [-0.2, -0.15) is 0 Å². The Balaban J connectivity index is 1.75. The molecular weight excluding hydrogens is 473 g/mol. The summed E-state index contributed by atoms with van der Waals surface area (Å²) in [6.45, 7) is 2.73. The second-order valence-electron chi connectivity index (χ2n) is 7.25. The highest BCUT2D eigenvalue weighted by Gasteiger charge is 2.23. The van der Waals surface area contributed by atoms with E-state index in [0.717, 1.165) is 36.4 Å². The van der Waals surface area contributed by atoms with Crippen molar-refractivity contribution in [1.29, 1.82) is 0 Å². The molecular formula is C23H19F3N2O5S. The topological polar surface area (TPSA) is 102 Å². The molecule has 1 atom stereocenters. The minimum Gasteiger partial charge on any atom is -0.449 e. The lowest BCUT2D eigenvalue weighted by Crippen LogP contribution is -2.30. The van der Waals surface area contributed by atoms with E-state index >= 15 is 0 Å². The zero-order valence-electron chi connectivity index (χ0n) is 17.9. The Kier molecular flexibility index (Phi) is 7.26. The van der Waals surface area contributed by atoms with Gasteiger partial charge >= 0.3 is 5.97 Å². The molecule has 0 aromatic heterocycles. The first-order chi connectivity index (χ1) is 16.0. The number of nitrogens with one attached hydrogen (secondary N) is 2. The van der Waals surface area contributed by atoms with E-state index in [9.17, 15) is 31.2 Å². The number of hydrogen-bond acceptors (Lipinski definition) is 5. The fraction of sp³-hybridized carbons (Fsp3) is 0.130. The summed E-state index contributed by atoms with van der Waals surface area (Å²) < 4.78 is 73.0. The van der Waals surface area contributed by atoms with Crippen LogP contribution in [0.1, 0.15) is 22.8 Å². The van der Waals surface area contributed by atoms with E-state index in [1.165, 1.54) is 38.1 Å². The molecule has 0 aliphatic rings. The van der Waals surface area contributed by atoms with Crippen molar-refractivity contribution in [3.8, 4) is 0 Å². The van der Waals surface area contributed by atoms with Gasteiger partial charge in [0, 0.05) is 11.8 Å². The van der Waals surface area contributed by atoms with Crippen molar-refractivity contribution in [2.24, 2.45) is 0 Å². The number of benzene rings is 3. The highest BCUT2D eigenvalue weighted by molar-refractivity contribution is 7.92. The van der Waals surface area contributed by atoms with Crippen LogP contribution in [0.4, 0.5) is 24.5 Å². The first-order valence-electron chi connectivity index (χ1n) is 9.82. The molecule has 11 heteroatoms. The van der Waals surface area contributed by atoms with Crippen LogP contribution in [0.2, 0.25) is 0 Å². The summed E-state index contributed by atoms with van der Waals surface area (Å²) >= 11 is 0. The van der Waals surface area contributed by atoms with E-state index in [1.54, 1.807) is 0 Å². The SMILES string of the molecule is Cc1ccc(C(=O)O[C@H](C)C(=O)Nc2cc(F)ccc2F)cc1S(=O)(=O)Nc1ccc(F)cc1. The standard InChI is InChI=1S/C23H19F3N2O5S/c1-13-3-4-15(11-21(13)34(31,32)28-18-8-5-16(24)6-9-18)23(30)33-14(2)22(29)27-20-12-17(25)7-10-19(20)26/h3-12,14,28H,1-2H3,(H,27,29)/t14-/m1/s1. The van der Waals surface area contributed by atoms with Crippen molar-refractivity contribution in [3.63, 3.8) is 0 Å². The van der Waals surface area contributed by atoms with Crippen LogP contribution >= 0.6 is 0 Å². The molecule has 0 radical (unpaired) electrons. The first kappa shape index (κ1) is 24.8. The summed E-state index contributed by atoms with van der Waals surface area (Å²) in [5, 5.41) is 2.12. The maximum Gasteiger partial charge on any atom is 0.338 e. The minimum atomic E-state index is -4.14. The molecule has 0 heterocycles. The number of hydrogen-bond donors (Lipinski definition) is 2. The Morgan fingerprint density at radius 3 is 2.24 bits per heavy atom. The summed E-state index contributed by atoms with van der Waals surface area (Å²) in [5.41, 5.74) is -0.160. The van der Waals surface area contributed by atoms with Gasteiger partial charge in [0.15, 0.2) is 6.10 Å². The van der Waals surface area contributed by atoms with E-state index in [1.807, 2.05) is 0 Å². The number of anilines is 2. The van der Waals surface area contributed by atoms with E-state index < -0.39 is 51.1 Å². The predicted molar refractivity (Wildman–Crippen MR) is 118 cm³/mol. The molecule has 0 spiro atoms. The fourth-order valence-electron chi connectivity index (χ4n) is 2.85. The smallest absolute Gasteiger partial charge is 0.338 e. The molecule has 1 amide bonds. The van der Waals surface area contributed by atoms with Gasteiger partial charge in [0.2, 0.25) is 0 Å². The highest BCUT2D eigenvalue weighted by Crippen LogP contribution is 2.22. The molecule has 0 saturated carbocycles. The van der Waals surface area contributed by atoms with Crippen LogP contribution in [0.3, 0.4) is 0 Å². The van der Waals surface area contributed by atoms with Crippen molar-refractivity contribution in [2.75, 3.05) is 10.0 Å². The normalized spacial score (nSPS) is 12.0. The molecule has 3 rings (SSSR count). The number of carbonyl (C=O) groups is 2. The van der Waals surface area contributed by atoms with E-state index in [4.69, 9.17) is 4.74 Å². The third-order valence-corrected chi connectivity index (χ3v) is 6.17. The monoisotopic (exact) mass is 492 g/mol. The van der Waals surface area contributed by atoms with Gasteiger partial charge in [-0.25, -0.2) is 26.4 Å². The summed E-state index contributed by atoms with van der Waals surface area (Å²) in [5.74, 6) is -4.13. The summed E-state index contributed by atoms with van der Waals surface area (Å²) in [6.07, 6.45) is -1.41. The number of esters is 1. The molecule has 3 aromatic carbocycles. The second kappa shape index (κ2) is 9.96. The third kappa shape index (κ3) is 5.93. The predicted octanol–water partition coefficient (Wildman–Crippen LogP) is 4.40. The van der Waals surface area contributed by atoms with Gasteiger partial charge in [-0.1, -0.05) is 6.07 Å². The van der Waals surface area contributed by atoms with Crippen LogP contribution in [-0.4, -0.2) is 26.4 Å². The van der Waals surface area contributed by atoms with Crippen LogP contribution < -0.4 is 10.0 Å². The van der Waals surface area contributed by atoms with Crippen molar-refractivity contribution in [2.45, 2.75) is 24.8 Å². The summed E-state index contributed by atoms with van der Waals surface area (Å²) in [6, 6.07) is 10.9. The number of amides is 1. The summed E-state index contributed by atoms with van der Waals surface area (Å²) in [7, 11) is -4.14. The molecule has 0 aliphatic heterocycles. The van der Waals surface area contributed by atoms with Gasteiger partial charge in [-0.05, 0) is 67.9 Å². The van der Waals surface area contributed by atoms with E-state index in [2.05, 4.69) is 10.0 Å². The van der Waals surface area contributed by atoms with Gasteiger partial charge in [0.05, 0.1) is 16.1 Å². The fourth-order valence-corrected chi connectivity index (χ4v) is 4.18. The lowest BCUT2D eigenvalue weighted by atomic mass is 10.1. The zero-order chi connectivity index (χ0) is 25.0. The molecule has 34 heavy (non-hydrogen) atoms. The van der Waals surface area contributed by atoms with E-state index in [-0.39, 0.29) is 16.1 Å². The van der Waals surface area contributed by atoms with Crippen molar-refractivity contribution >= 4 is 33.3 Å². The van der Waals surface area contributed by atoms with Gasteiger partial charge in [-0.15, -0.1) is 0 Å². The molecule has 0 aliphatic carbocycles. The molecule has 178 valence electrons. The van der Waals surface area contributed by atoms with Crippen molar-refractivity contribution < 1.29 is 35.9 Å². The highest BCUT2D eigenvalue weighted by atomic mass is 32.2.